The van der Waals surface area contributed by atoms with Crippen LogP contribution in [0, 0.1) is 0 Å². The van der Waals surface area contributed by atoms with Crippen molar-refractivity contribution in [3.05, 3.63) is 29.8 Å². The topological polar surface area (TPSA) is 35.5 Å². The lowest BCUT2D eigenvalue weighted by Crippen LogP contribution is -2.34. The first-order valence-corrected chi connectivity index (χ1v) is 8.05. The molecule has 1 aromatic carbocycles. The highest BCUT2D eigenvalue weighted by molar-refractivity contribution is 5.34. The van der Waals surface area contributed by atoms with E-state index in [1.165, 1.54) is 38.8 Å². The van der Waals surface area contributed by atoms with Crippen LogP contribution in [0.5, 0.6) is 5.75 Å². The van der Waals surface area contributed by atoms with Crippen molar-refractivity contribution >= 4 is 0 Å². The summed E-state index contributed by atoms with van der Waals surface area (Å²) in [6.45, 7) is 6.76. The second-order valence-electron chi connectivity index (χ2n) is 5.73. The van der Waals surface area contributed by atoms with Crippen LogP contribution in [-0.2, 0) is 0 Å². The molecule has 0 bridgehead atoms. The summed E-state index contributed by atoms with van der Waals surface area (Å²) in [6, 6.07) is 7.91. The summed E-state index contributed by atoms with van der Waals surface area (Å²) in [7, 11) is 0. The van der Waals surface area contributed by atoms with Crippen LogP contribution in [-0.4, -0.2) is 36.2 Å². The van der Waals surface area contributed by atoms with Crippen LogP contribution in [0.25, 0.3) is 0 Å². The average molecular weight is 276 g/mol. The van der Waals surface area contributed by atoms with Crippen molar-refractivity contribution in [2.75, 3.05) is 26.2 Å². The van der Waals surface area contributed by atoms with Gasteiger partial charge in [0.25, 0.3) is 0 Å². The largest absolute Gasteiger partial charge is 0.508 e. The molecule has 1 fully saturated rings. The van der Waals surface area contributed by atoms with Gasteiger partial charge in [-0.1, -0.05) is 38.0 Å². The van der Waals surface area contributed by atoms with Gasteiger partial charge < -0.3 is 15.3 Å². The summed E-state index contributed by atoms with van der Waals surface area (Å²) in [5.74, 6) is 0.404. The minimum absolute atomic E-state index is 0.253. The van der Waals surface area contributed by atoms with E-state index in [-0.39, 0.29) is 6.04 Å². The van der Waals surface area contributed by atoms with E-state index in [1.54, 1.807) is 6.07 Å². The second-order valence-corrected chi connectivity index (χ2v) is 5.73. The lowest BCUT2D eigenvalue weighted by Gasteiger charge is -2.23. The van der Waals surface area contributed by atoms with Crippen molar-refractivity contribution < 1.29 is 5.11 Å². The molecule has 2 N–H and O–H groups in total. The number of likely N-dealkylation sites (tertiary alicyclic amines) is 1. The highest BCUT2D eigenvalue weighted by atomic mass is 16.3. The van der Waals surface area contributed by atoms with Crippen molar-refractivity contribution in [1.29, 1.82) is 0 Å². The van der Waals surface area contributed by atoms with Gasteiger partial charge >= 0.3 is 0 Å². The Morgan fingerprint density at radius 1 is 1.15 bits per heavy atom. The first-order chi connectivity index (χ1) is 9.81. The van der Waals surface area contributed by atoms with Gasteiger partial charge in [0.1, 0.15) is 5.75 Å². The Hall–Kier alpha value is -1.06. The van der Waals surface area contributed by atoms with Crippen LogP contribution in [0.15, 0.2) is 24.3 Å². The van der Waals surface area contributed by atoms with Crippen molar-refractivity contribution in [2.24, 2.45) is 0 Å². The minimum Gasteiger partial charge on any atom is -0.508 e. The molecule has 0 amide bonds. The second kappa shape index (κ2) is 8.28. The van der Waals surface area contributed by atoms with Crippen LogP contribution >= 0.6 is 0 Å². The predicted molar refractivity (Wildman–Crippen MR) is 84.0 cm³/mol. The summed E-state index contributed by atoms with van der Waals surface area (Å²) < 4.78 is 0. The van der Waals surface area contributed by atoms with Crippen molar-refractivity contribution in [2.45, 2.75) is 45.1 Å². The monoisotopic (exact) mass is 276 g/mol. The number of hydrogen-bond acceptors (Lipinski definition) is 3. The third-order valence-electron chi connectivity index (χ3n) is 4.24. The van der Waals surface area contributed by atoms with Gasteiger partial charge in [-0.05, 0) is 38.4 Å². The Morgan fingerprint density at radius 2 is 1.85 bits per heavy atom. The SMILES string of the molecule is CCC(NCCN1CCCCCC1)c1ccccc1O. The van der Waals surface area contributed by atoms with Gasteiger partial charge in [-0.3, -0.25) is 0 Å². The quantitative estimate of drug-likeness (QED) is 0.837. The third-order valence-corrected chi connectivity index (χ3v) is 4.24. The zero-order valence-corrected chi connectivity index (χ0v) is 12.6. The van der Waals surface area contributed by atoms with Crippen LogP contribution in [0.4, 0.5) is 0 Å². The molecule has 3 nitrogen and oxygen atoms in total. The summed E-state index contributed by atoms with van der Waals surface area (Å²) >= 11 is 0. The van der Waals surface area contributed by atoms with E-state index in [1.807, 2.05) is 18.2 Å². The van der Waals surface area contributed by atoms with E-state index < -0.39 is 0 Å². The molecule has 0 aliphatic carbocycles. The number of phenols is 1. The summed E-state index contributed by atoms with van der Waals surface area (Å²) in [4.78, 5) is 2.57. The molecule has 1 aromatic rings. The molecular formula is C17H28N2O. The molecule has 1 unspecified atom stereocenters. The van der Waals surface area contributed by atoms with Crippen molar-refractivity contribution in [3.8, 4) is 5.75 Å². The zero-order valence-electron chi connectivity index (χ0n) is 12.6. The molecule has 112 valence electrons. The van der Waals surface area contributed by atoms with E-state index >= 15 is 0 Å². The Bertz CT molecular complexity index is 386. The van der Waals surface area contributed by atoms with E-state index in [0.717, 1.165) is 25.1 Å². The van der Waals surface area contributed by atoms with Gasteiger partial charge in [-0.15, -0.1) is 0 Å². The number of nitrogens with zero attached hydrogens (tertiary/aromatic N) is 1. The fraction of sp³-hybridized carbons (Fsp3) is 0.647. The molecule has 1 aliphatic rings. The number of hydrogen-bond donors (Lipinski definition) is 2. The van der Waals surface area contributed by atoms with Gasteiger partial charge in [0, 0.05) is 24.7 Å². The first-order valence-electron chi connectivity index (χ1n) is 8.05. The standard InChI is InChI=1S/C17H28N2O/c1-2-16(15-9-5-6-10-17(15)20)18-11-14-19-12-7-3-4-8-13-19/h5-6,9-10,16,18,20H,2-4,7-8,11-14H2,1H3. The number of aromatic hydroxyl groups is 1. The van der Waals surface area contributed by atoms with Crippen LogP contribution in [0.1, 0.15) is 50.6 Å². The molecule has 2 rings (SSSR count). The zero-order chi connectivity index (χ0) is 14.2. The lowest BCUT2D eigenvalue weighted by atomic mass is 10.0. The van der Waals surface area contributed by atoms with Crippen molar-refractivity contribution in [3.63, 3.8) is 0 Å². The number of para-hydroxylation sites is 1. The summed E-state index contributed by atoms with van der Waals surface area (Å²) in [5, 5.41) is 13.5. The first kappa shape index (κ1) is 15.3. The fourth-order valence-corrected chi connectivity index (χ4v) is 3.01. The van der Waals surface area contributed by atoms with E-state index in [9.17, 15) is 5.11 Å². The normalized spacial score (nSPS) is 18.6. The molecule has 1 aliphatic heterocycles. The molecule has 3 heteroatoms. The molecular weight excluding hydrogens is 248 g/mol. The minimum atomic E-state index is 0.253. The lowest BCUT2D eigenvalue weighted by molar-refractivity contribution is 0.278. The molecule has 0 aromatic heterocycles. The van der Waals surface area contributed by atoms with E-state index in [2.05, 4.69) is 17.1 Å². The Balaban J connectivity index is 1.80. The van der Waals surface area contributed by atoms with Gasteiger partial charge in [-0.25, -0.2) is 0 Å². The van der Waals surface area contributed by atoms with Gasteiger partial charge in [0.15, 0.2) is 0 Å². The smallest absolute Gasteiger partial charge is 0.120 e. The Labute approximate surface area is 123 Å². The molecule has 1 heterocycles. The van der Waals surface area contributed by atoms with Crippen molar-refractivity contribution in [1.82, 2.24) is 10.2 Å². The average Bonchev–Trinajstić information content (AvgIpc) is 2.73. The molecule has 0 spiro atoms. The Kier molecular flexibility index (Phi) is 6.34. The maximum Gasteiger partial charge on any atom is 0.120 e. The number of phenolic OH excluding ortho intramolecular Hbond substituents is 1. The van der Waals surface area contributed by atoms with Gasteiger partial charge in [0.05, 0.1) is 0 Å². The highest BCUT2D eigenvalue weighted by Gasteiger charge is 2.13. The number of rotatable bonds is 6. The van der Waals surface area contributed by atoms with E-state index in [4.69, 9.17) is 0 Å². The third kappa shape index (κ3) is 4.50. The molecule has 1 saturated heterocycles. The van der Waals surface area contributed by atoms with Crippen LogP contribution < -0.4 is 5.32 Å². The molecule has 0 radical (unpaired) electrons. The van der Waals surface area contributed by atoms with Crippen LogP contribution in [0.2, 0.25) is 0 Å². The maximum atomic E-state index is 9.95. The summed E-state index contributed by atoms with van der Waals surface area (Å²) in [6.07, 6.45) is 6.46. The summed E-state index contributed by atoms with van der Waals surface area (Å²) in [5.41, 5.74) is 1.02. The van der Waals surface area contributed by atoms with Crippen LogP contribution in [0.3, 0.4) is 0 Å². The maximum absolute atomic E-state index is 9.95. The van der Waals surface area contributed by atoms with Gasteiger partial charge in [-0.2, -0.15) is 0 Å². The Morgan fingerprint density at radius 3 is 2.50 bits per heavy atom. The molecule has 0 saturated carbocycles. The van der Waals surface area contributed by atoms with Gasteiger partial charge in [0.2, 0.25) is 0 Å². The molecule has 1 atom stereocenters. The van der Waals surface area contributed by atoms with E-state index in [0.29, 0.717) is 5.75 Å². The molecule has 20 heavy (non-hydrogen) atoms. The highest BCUT2D eigenvalue weighted by Crippen LogP contribution is 2.25. The predicted octanol–water partition coefficient (Wildman–Crippen LogP) is 3.31. The fourth-order valence-electron chi connectivity index (χ4n) is 3.01. The number of benzene rings is 1. The number of nitrogens with one attached hydrogen (secondary N) is 1.